The molecule has 72 heavy (non-hydrogen) atoms. The van der Waals surface area contributed by atoms with E-state index in [4.69, 9.17) is 0 Å². The lowest BCUT2D eigenvalue weighted by molar-refractivity contribution is -0.129. The number of Topliss-reactive ketones (excluding diaryl/α,β-unsaturated/α-hetero) is 3. The number of carbonyl (C=O) groups is 3. The molecule has 0 aromatic rings. The molecule has 3 N–H and O–H groups in total. The summed E-state index contributed by atoms with van der Waals surface area (Å²) in [6, 6.07) is 0. The van der Waals surface area contributed by atoms with Crippen molar-refractivity contribution in [3.8, 4) is 0 Å². The minimum absolute atomic E-state index is 0.122. The molecular formula is C66H102O6. The summed E-state index contributed by atoms with van der Waals surface area (Å²) in [7, 11) is 0. The van der Waals surface area contributed by atoms with E-state index in [0.29, 0.717) is 63.2 Å². The zero-order valence-electron chi connectivity index (χ0n) is 47.6. The third kappa shape index (κ3) is 8.23. The molecule has 0 heterocycles. The van der Waals surface area contributed by atoms with E-state index in [9.17, 15) is 29.7 Å². The van der Waals surface area contributed by atoms with Gasteiger partial charge in [0.05, 0.1) is 18.3 Å². The smallest absolute Gasteiger partial charge is 0.133 e. The minimum Gasteiger partial charge on any atom is -0.393 e. The van der Waals surface area contributed by atoms with E-state index in [2.05, 4.69) is 74.5 Å². The van der Waals surface area contributed by atoms with Crippen LogP contribution in [0.5, 0.6) is 0 Å². The van der Waals surface area contributed by atoms with E-state index < -0.39 is 0 Å². The lowest BCUT2D eigenvalue weighted by atomic mass is 9.46. The molecule has 9 saturated carbocycles. The molecule has 0 radical (unpaired) electrons. The summed E-state index contributed by atoms with van der Waals surface area (Å²) in [5.74, 6) is 9.91. The molecule has 6 nitrogen and oxygen atoms in total. The molecule has 9 fully saturated rings. The van der Waals surface area contributed by atoms with Crippen LogP contribution in [0.2, 0.25) is 0 Å². The number of ketones is 3. The van der Waals surface area contributed by atoms with Crippen molar-refractivity contribution in [1.29, 1.82) is 0 Å². The molecule has 6 heteroatoms. The maximum absolute atomic E-state index is 12.4. The predicted octanol–water partition coefficient (Wildman–Crippen LogP) is 14.4. The molecule has 9 unspecified atom stereocenters. The van der Waals surface area contributed by atoms with Crippen LogP contribution >= 0.6 is 0 Å². The Hall–Kier alpha value is -1.89. The van der Waals surface area contributed by atoms with Gasteiger partial charge < -0.3 is 15.3 Å². The minimum atomic E-state index is -0.123. The molecule has 12 rings (SSSR count). The Labute approximate surface area is 437 Å². The van der Waals surface area contributed by atoms with Gasteiger partial charge in [0.2, 0.25) is 0 Å². The first-order valence-corrected chi connectivity index (χ1v) is 30.5. The van der Waals surface area contributed by atoms with Gasteiger partial charge in [-0.05, 0) is 267 Å². The van der Waals surface area contributed by atoms with Gasteiger partial charge in [0, 0.05) is 17.8 Å². The quantitative estimate of drug-likeness (QED) is 0.243. The Morgan fingerprint density at radius 1 is 0.458 bits per heavy atom. The Morgan fingerprint density at radius 2 is 0.875 bits per heavy atom. The first-order chi connectivity index (χ1) is 33.8. The van der Waals surface area contributed by atoms with E-state index in [0.717, 1.165) is 106 Å². The third-order valence-electron chi connectivity index (χ3n) is 26.6. The first kappa shape index (κ1) is 53.5. The molecule has 23 atom stereocenters. The summed E-state index contributed by atoms with van der Waals surface area (Å²) >= 11 is 0. The molecule has 0 aliphatic heterocycles. The van der Waals surface area contributed by atoms with Crippen molar-refractivity contribution in [2.75, 3.05) is 0 Å². The lowest BCUT2D eigenvalue weighted by Gasteiger charge is -2.58. The number of hydrogen-bond acceptors (Lipinski definition) is 6. The fraction of sp³-hybridized carbons (Fsp3) is 0.864. The average molecular weight is 992 g/mol. The second-order valence-electron chi connectivity index (χ2n) is 29.9. The summed E-state index contributed by atoms with van der Waals surface area (Å²) < 4.78 is 0. The third-order valence-corrected chi connectivity index (χ3v) is 26.6. The van der Waals surface area contributed by atoms with Crippen molar-refractivity contribution in [3.63, 3.8) is 0 Å². The van der Waals surface area contributed by atoms with Gasteiger partial charge >= 0.3 is 0 Å². The van der Waals surface area contributed by atoms with E-state index in [1.54, 1.807) is 22.3 Å². The van der Waals surface area contributed by atoms with Crippen LogP contribution in [0.1, 0.15) is 224 Å². The molecule has 0 saturated heterocycles. The van der Waals surface area contributed by atoms with Crippen molar-refractivity contribution in [3.05, 3.63) is 34.4 Å². The standard InChI is InChI=1S/3C22H34O2/c1-13-11-16-18-6-5-17(14(2)23)21(18,3)10-8-19(16)22(4)9-7-15(24)12-20(13)22;2*1-13-11-19-17-6-5-15-12-16(24)7-9-21(15,3)18(17)8-10-22(19,4)20(13)14(2)23/h15-19,24H,5-12H2,1-4H3;2*5,13,16-20,24H,6-12H2,1-4H3/t15-,16?,17+,18?,19?,21+,22+;13-,16+,17?,18?,19?,20-,21+,22+;13-,16-,17?,18?,19?,20+,21-,22-/m010/s1. The predicted molar refractivity (Wildman–Crippen MR) is 289 cm³/mol. The Kier molecular flexibility index (Phi) is 14.1. The highest BCUT2D eigenvalue weighted by molar-refractivity contribution is 5.81. The number of carbonyl (C=O) groups excluding carboxylic acids is 3. The van der Waals surface area contributed by atoms with Crippen LogP contribution in [-0.2, 0) is 14.4 Å². The van der Waals surface area contributed by atoms with Crippen LogP contribution in [0.25, 0.3) is 0 Å². The van der Waals surface area contributed by atoms with Gasteiger partial charge in [-0.3, -0.25) is 14.4 Å². The van der Waals surface area contributed by atoms with Crippen molar-refractivity contribution in [2.24, 2.45) is 115 Å². The molecule has 12 aliphatic rings. The normalized spacial score (nSPS) is 52.7. The summed E-state index contributed by atoms with van der Waals surface area (Å²) in [5, 5.41) is 30.4. The molecule has 0 aromatic carbocycles. The van der Waals surface area contributed by atoms with E-state index in [-0.39, 0.29) is 46.4 Å². The zero-order chi connectivity index (χ0) is 51.8. The van der Waals surface area contributed by atoms with E-state index in [1.165, 1.54) is 77.0 Å². The number of aliphatic hydroxyl groups is 3. The SMILES string of the molecule is CC(=O)[C@H]1CCC2C3CC(C)=C4C[C@@H](O)CC[C@]4(C)C3CC[C@@]21C.CC(=O)[C@H]1[C@@H](C)CC2C3CC=C4C[C@@H](O)CC[C@]4(C)C3CC[C@@]21C.CC(=O)[C@H]1[C@H](C)CC2C3CC=C4C[C@@H](O)CC[C@]4(C)C3CC[C@@]21C. The Balaban J connectivity index is 0.000000124. The second-order valence-corrected chi connectivity index (χ2v) is 29.9. The highest BCUT2D eigenvalue weighted by atomic mass is 16.3. The van der Waals surface area contributed by atoms with Crippen molar-refractivity contribution in [1.82, 2.24) is 0 Å². The van der Waals surface area contributed by atoms with Gasteiger partial charge in [0.1, 0.15) is 17.3 Å². The van der Waals surface area contributed by atoms with Crippen molar-refractivity contribution in [2.45, 2.75) is 243 Å². The van der Waals surface area contributed by atoms with Crippen LogP contribution in [0.15, 0.2) is 34.4 Å². The highest BCUT2D eigenvalue weighted by Crippen LogP contribution is 2.71. The number of aliphatic hydroxyl groups excluding tert-OH is 3. The van der Waals surface area contributed by atoms with Crippen molar-refractivity contribution >= 4 is 17.3 Å². The van der Waals surface area contributed by atoms with E-state index in [1.807, 2.05) is 20.8 Å². The Bertz CT molecular complexity index is 2130. The van der Waals surface area contributed by atoms with Crippen LogP contribution < -0.4 is 0 Å². The lowest BCUT2D eigenvalue weighted by Crippen LogP contribution is -2.51. The zero-order valence-corrected chi connectivity index (χ0v) is 47.6. The summed E-state index contributed by atoms with van der Waals surface area (Å²) in [5.41, 5.74) is 7.85. The second kappa shape index (κ2) is 18.9. The Morgan fingerprint density at radius 3 is 1.32 bits per heavy atom. The summed E-state index contributed by atoms with van der Waals surface area (Å²) in [4.78, 5) is 36.9. The molecular weight excluding hydrogens is 889 g/mol. The van der Waals surface area contributed by atoms with Gasteiger partial charge in [-0.25, -0.2) is 0 Å². The van der Waals surface area contributed by atoms with Crippen LogP contribution in [0.3, 0.4) is 0 Å². The maximum atomic E-state index is 12.4. The topological polar surface area (TPSA) is 112 Å². The summed E-state index contributed by atoms with van der Waals surface area (Å²) in [6.45, 7) is 27.1. The number of allylic oxidation sites excluding steroid dienone is 3. The van der Waals surface area contributed by atoms with Crippen molar-refractivity contribution < 1.29 is 29.7 Å². The molecule has 0 aromatic heterocycles. The molecule has 0 bridgehead atoms. The van der Waals surface area contributed by atoms with E-state index >= 15 is 0 Å². The first-order valence-electron chi connectivity index (χ1n) is 30.5. The molecule has 0 amide bonds. The molecule has 12 aliphatic carbocycles. The van der Waals surface area contributed by atoms with Crippen LogP contribution in [0.4, 0.5) is 0 Å². The fourth-order valence-electron chi connectivity index (χ4n) is 23.5. The average Bonchev–Trinajstić information content (AvgIpc) is 3.92. The summed E-state index contributed by atoms with van der Waals surface area (Å²) in [6.07, 6.45) is 29.6. The van der Waals surface area contributed by atoms with Gasteiger partial charge in [0.15, 0.2) is 0 Å². The highest BCUT2D eigenvalue weighted by Gasteiger charge is 2.64. The number of hydrogen-bond donors (Lipinski definition) is 3. The van der Waals surface area contributed by atoms with Gasteiger partial charge in [-0.2, -0.15) is 0 Å². The van der Waals surface area contributed by atoms with Gasteiger partial charge in [-0.1, -0.05) is 89.8 Å². The van der Waals surface area contributed by atoms with Crippen LogP contribution in [-0.4, -0.2) is 51.0 Å². The number of rotatable bonds is 3. The van der Waals surface area contributed by atoms with Crippen LogP contribution in [0, 0.1) is 115 Å². The number of fused-ring (bicyclic) bond motifs is 15. The fourth-order valence-corrected chi connectivity index (χ4v) is 23.5. The monoisotopic (exact) mass is 991 g/mol. The maximum Gasteiger partial charge on any atom is 0.133 e. The molecule has 0 spiro atoms. The molecule has 402 valence electrons. The van der Waals surface area contributed by atoms with Gasteiger partial charge in [0.25, 0.3) is 0 Å². The van der Waals surface area contributed by atoms with Gasteiger partial charge in [-0.15, -0.1) is 0 Å². The largest absolute Gasteiger partial charge is 0.393 e.